The van der Waals surface area contributed by atoms with Crippen LogP contribution in [0.1, 0.15) is 39.0 Å². The highest BCUT2D eigenvalue weighted by atomic mass is 32.2. The van der Waals surface area contributed by atoms with Crippen LogP contribution in [-0.4, -0.2) is 41.7 Å². The van der Waals surface area contributed by atoms with Gasteiger partial charge in [-0.2, -0.15) is 11.8 Å². The molecule has 1 aliphatic rings. The first-order valence-electron chi connectivity index (χ1n) is 6.79. The number of amides is 2. The lowest BCUT2D eigenvalue weighted by Crippen LogP contribution is -2.50. The third-order valence-corrected chi connectivity index (χ3v) is 4.65. The van der Waals surface area contributed by atoms with Gasteiger partial charge >= 0.3 is 12.0 Å². The van der Waals surface area contributed by atoms with E-state index < -0.39 is 12.0 Å². The Morgan fingerprint density at radius 1 is 1.42 bits per heavy atom. The van der Waals surface area contributed by atoms with Crippen LogP contribution in [-0.2, 0) is 4.79 Å². The summed E-state index contributed by atoms with van der Waals surface area (Å²) in [5.41, 5.74) is 0.245. The molecule has 0 heterocycles. The second-order valence-electron chi connectivity index (χ2n) is 5.21. The monoisotopic (exact) mass is 288 g/mol. The van der Waals surface area contributed by atoms with Gasteiger partial charge in [0.25, 0.3) is 0 Å². The molecule has 1 fully saturated rings. The number of urea groups is 1. The minimum absolute atomic E-state index is 0.245. The number of carboxylic acids is 1. The van der Waals surface area contributed by atoms with E-state index >= 15 is 0 Å². The minimum atomic E-state index is -0.974. The zero-order valence-electron chi connectivity index (χ0n) is 11.7. The van der Waals surface area contributed by atoms with Gasteiger partial charge in [-0.15, -0.1) is 0 Å². The maximum Gasteiger partial charge on any atom is 0.326 e. The van der Waals surface area contributed by atoms with Gasteiger partial charge in [0.1, 0.15) is 6.04 Å². The van der Waals surface area contributed by atoms with Crippen molar-refractivity contribution in [1.29, 1.82) is 0 Å². The number of aliphatic carboxylic acids is 1. The van der Waals surface area contributed by atoms with Gasteiger partial charge in [0.05, 0.1) is 0 Å². The topological polar surface area (TPSA) is 78.4 Å². The van der Waals surface area contributed by atoms with Crippen LogP contribution >= 0.6 is 11.8 Å². The summed E-state index contributed by atoms with van der Waals surface area (Å²) in [6.07, 6.45) is 6.95. The molecule has 0 spiro atoms. The summed E-state index contributed by atoms with van der Waals surface area (Å²) >= 11 is 1.57. The summed E-state index contributed by atoms with van der Waals surface area (Å²) < 4.78 is 0. The van der Waals surface area contributed by atoms with Crippen LogP contribution < -0.4 is 10.6 Å². The van der Waals surface area contributed by atoms with Crippen molar-refractivity contribution in [3.05, 3.63) is 0 Å². The number of hydrogen-bond donors (Lipinski definition) is 3. The summed E-state index contributed by atoms with van der Waals surface area (Å²) in [5.74, 6) is -0.256. The van der Waals surface area contributed by atoms with Crippen molar-refractivity contribution in [3.63, 3.8) is 0 Å². The van der Waals surface area contributed by atoms with Crippen molar-refractivity contribution < 1.29 is 14.7 Å². The van der Waals surface area contributed by atoms with E-state index in [9.17, 15) is 9.59 Å². The first kappa shape index (κ1) is 16.1. The summed E-state index contributed by atoms with van der Waals surface area (Å²) in [6.45, 7) is 2.78. The van der Waals surface area contributed by atoms with Crippen LogP contribution in [0, 0.1) is 5.41 Å². The van der Waals surface area contributed by atoms with Gasteiger partial charge in [0.15, 0.2) is 0 Å². The van der Waals surface area contributed by atoms with Gasteiger partial charge < -0.3 is 15.7 Å². The second kappa shape index (κ2) is 7.62. The lowest BCUT2D eigenvalue weighted by Gasteiger charge is -2.41. The fourth-order valence-corrected chi connectivity index (χ4v) is 2.77. The molecule has 0 aromatic carbocycles. The van der Waals surface area contributed by atoms with Crippen LogP contribution in [0.15, 0.2) is 0 Å². The fraction of sp³-hybridized carbons (Fsp3) is 0.846. The Hall–Kier alpha value is -0.910. The zero-order chi connectivity index (χ0) is 14.3. The van der Waals surface area contributed by atoms with Crippen molar-refractivity contribution in [3.8, 4) is 0 Å². The quantitative estimate of drug-likeness (QED) is 0.639. The van der Waals surface area contributed by atoms with Crippen LogP contribution in [0.5, 0.6) is 0 Å². The molecule has 110 valence electrons. The molecule has 19 heavy (non-hydrogen) atoms. The lowest BCUT2D eigenvalue weighted by molar-refractivity contribution is -0.139. The second-order valence-corrected chi connectivity index (χ2v) is 6.19. The first-order valence-corrected chi connectivity index (χ1v) is 8.18. The van der Waals surface area contributed by atoms with E-state index in [1.54, 1.807) is 11.8 Å². The Bertz CT molecular complexity index is 314. The van der Waals surface area contributed by atoms with E-state index in [-0.39, 0.29) is 11.4 Å². The van der Waals surface area contributed by atoms with Gasteiger partial charge in [0, 0.05) is 6.54 Å². The Morgan fingerprint density at radius 2 is 2.11 bits per heavy atom. The molecule has 1 rings (SSSR count). The van der Waals surface area contributed by atoms with Crippen molar-refractivity contribution in [2.45, 2.75) is 45.1 Å². The molecule has 1 saturated carbocycles. The molecule has 5 nitrogen and oxygen atoms in total. The third kappa shape index (κ3) is 4.93. The Labute approximate surface area is 118 Å². The predicted molar refractivity (Wildman–Crippen MR) is 77.5 cm³/mol. The van der Waals surface area contributed by atoms with Crippen LogP contribution in [0.4, 0.5) is 4.79 Å². The molecule has 2 amide bonds. The van der Waals surface area contributed by atoms with E-state index in [4.69, 9.17) is 5.11 Å². The van der Waals surface area contributed by atoms with Crippen LogP contribution in [0.25, 0.3) is 0 Å². The largest absolute Gasteiger partial charge is 0.480 e. The molecule has 0 aromatic rings. The highest BCUT2D eigenvalue weighted by molar-refractivity contribution is 7.98. The molecule has 1 atom stereocenters. The molecule has 0 bridgehead atoms. The minimum Gasteiger partial charge on any atom is -0.480 e. The van der Waals surface area contributed by atoms with E-state index in [1.807, 2.05) is 6.26 Å². The fourth-order valence-electron chi connectivity index (χ4n) is 2.30. The molecule has 1 unspecified atom stereocenters. The van der Waals surface area contributed by atoms with E-state index in [2.05, 4.69) is 17.6 Å². The van der Waals surface area contributed by atoms with Crippen LogP contribution in [0.3, 0.4) is 0 Å². The van der Waals surface area contributed by atoms with Crippen molar-refractivity contribution in [1.82, 2.24) is 10.6 Å². The molecule has 3 N–H and O–H groups in total. The van der Waals surface area contributed by atoms with Gasteiger partial charge in [0.2, 0.25) is 0 Å². The SMILES string of the molecule is CCC1(CNC(=O)NC(CCSC)C(=O)O)CCC1. The molecule has 6 heteroatoms. The van der Waals surface area contributed by atoms with Gasteiger partial charge in [-0.3, -0.25) is 0 Å². The number of hydrogen-bond acceptors (Lipinski definition) is 3. The zero-order valence-corrected chi connectivity index (χ0v) is 12.5. The number of carbonyl (C=O) groups excluding carboxylic acids is 1. The van der Waals surface area contributed by atoms with Gasteiger partial charge in [-0.05, 0) is 43.1 Å². The highest BCUT2D eigenvalue weighted by Gasteiger charge is 2.35. The summed E-state index contributed by atoms with van der Waals surface area (Å²) in [7, 11) is 0. The Balaban J connectivity index is 2.33. The number of carboxylic acid groups (broad SMARTS) is 1. The maximum atomic E-state index is 11.7. The molecule has 1 aliphatic carbocycles. The van der Waals surface area contributed by atoms with Crippen molar-refractivity contribution >= 4 is 23.8 Å². The Morgan fingerprint density at radius 3 is 2.53 bits per heavy atom. The van der Waals surface area contributed by atoms with Crippen molar-refractivity contribution in [2.24, 2.45) is 5.41 Å². The van der Waals surface area contributed by atoms with E-state index in [0.717, 1.165) is 25.0 Å². The molecule has 0 aliphatic heterocycles. The average Bonchev–Trinajstić information content (AvgIpc) is 2.33. The van der Waals surface area contributed by atoms with Gasteiger partial charge in [-0.1, -0.05) is 13.3 Å². The normalized spacial score (nSPS) is 18.2. The maximum absolute atomic E-state index is 11.7. The number of carbonyl (C=O) groups is 2. The van der Waals surface area contributed by atoms with E-state index in [1.165, 1.54) is 6.42 Å². The van der Waals surface area contributed by atoms with E-state index in [0.29, 0.717) is 13.0 Å². The van der Waals surface area contributed by atoms with Crippen molar-refractivity contribution in [2.75, 3.05) is 18.6 Å². The smallest absolute Gasteiger partial charge is 0.326 e. The highest BCUT2D eigenvalue weighted by Crippen LogP contribution is 2.42. The standard InChI is InChI=1S/C13H24N2O3S/c1-3-13(6-4-7-13)9-14-12(18)15-10(11(16)17)5-8-19-2/h10H,3-9H2,1-2H3,(H,16,17)(H2,14,15,18). The Kier molecular flexibility index (Phi) is 6.48. The molecular formula is C13H24N2O3S. The molecular weight excluding hydrogens is 264 g/mol. The molecule has 0 saturated heterocycles. The molecule has 0 radical (unpaired) electrons. The van der Waals surface area contributed by atoms with Crippen LogP contribution in [0.2, 0.25) is 0 Å². The summed E-state index contributed by atoms with van der Waals surface area (Å²) in [4.78, 5) is 22.7. The summed E-state index contributed by atoms with van der Waals surface area (Å²) in [5, 5.41) is 14.4. The lowest BCUT2D eigenvalue weighted by atomic mass is 9.67. The third-order valence-electron chi connectivity index (χ3n) is 4.00. The summed E-state index contributed by atoms with van der Waals surface area (Å²) in [6, 6.07) is -1.17. The number of nitrogens with one attached hydrogen (secondary N) is 2. The van der Waals surface area contributed by atoms with Gasteiger partial charge in [-0.25, -0.2) is 9.59 Å². The number of rotatable bonds is 8. The number of thioether (sulfide) groups is 1. The first-order chi connectivity index (χ1) is 9.03. The average molecular weight is 288 g/mol. The molecule has 0 aromatic heterocycles. The predicted octanol–water partition coefficient (Wildman–Crippen LogP) is 2.07.